The molecule has 1 N–H and O–H groups in total. The van der Waals surface area contributed by atoms with E-state index in [1.54, 1.807) is 23.3 Å². The van der Waals surface area contributed by atoms with Crippen molar-refractivity contribution < 1.29 is 23.5 Å². The first-order valence-corrected chi connectivity index (χ1v) is 10.6. The van der Waals surface area contributed by atoms with Crippen molar-refractivity contribution in [3.63, 3.8) is 0 Å². The van der Waals surface area contributed by atoms with Crippen LogP contribution in [0.2, 0.25) is 0 Å². The van der Waals surface area contributed by atoms with E-state index in [1.807, 2.05) is 49.4 Å². The van der Waals surface area contributed by atoms with Crippen molar-refractivity contribution in [1.82, 2.24) is 4.90 Å². The van der Waals surface area contributed by atoms with Gasteiger partial charge in [0.2, 0.25) is 11.8 Å². The van der Waals surface area contributed by atoms with Crippen molar-refractivity contribution in [2.75, 3.05) is 5.32 Å². The topological polar surface area (TPSA) is 88.9 Å². The summed E-state index contributed by atoms with van der Waals surface area (Å²) in [5.74, 6) is -1.44. The Kier molecular flexibility index (Phi) is 3.84. The van der Waals surface area contributed by atoms with E-state index in [0.717, 1.165) is 0 Å². The lowest BCUT2D eigenvalue weighted by Gasteiger charge is -2.43. The van der Waals surface area contributed by atoms with Crippen LogP contribution in [-0.4, -0.2) is 40.2 Å². The number of amides is 2. The highest BCUT2D eigenvalue weighted by atomic mass is 16.5. The van der Waals surface area contributed by atoms with E-state index >= 15 is 0 Å². The Morgan fingerprint density at radius 2 is 1.97 bits per heavy atom. The standard InChI is InChI=1S/C24H22N2O5/c1-13-16(27)12-15(17-8-5-11-30-17)26-21(13)24-10-9-18(31-24)19(20(24)23(26)29)22(28)25-14-6-3-2-4-7-14/h2-11,13,15,18-21H,12H2,1H3,(H,25,28)/t13-,15+,18+,19+,20+,21+,24-/m0/s1. The lowest BCUT2D eigenvalue weighted by molar-refractivity contribution is -0.147. The molecule has 2 bridgehead atoms. The summed E-state index contributed by atoms with van der Waals surface area (Å²) in [4.78, 5) is 41.8. The number of hydrogen-bond donors (Lipinski definition) is 1. The fraction of sp³-hybridized carbons (Fsp3) is 0.375. The molecule has 0 unspecified atom stereocenters. The van der Waals surface area contributed by atoms with Crippen LogP contribution >= 0.6 is 0 Å². The molecule has 1 aromatic carbocycles. The molecular formula is C24H22N2O5. The molecule has 2 amide bonds. The lowest BCUT2D eigenvalue weighted by Crippen LogP contribution is -2.55. The van der Waals surface area contributed by atoms with Crippen molar-refractivity contribution in [1.29, 1.82) is 0 Å². The lowest BCUT2D eigenvalue weighted by atomic mass is 9.70. The first-order chi connectivity index (χ1) is 15.0. The molecular weight excluding hydrogens is 396 g/mol. The van der Waals surface area contributed by atoms with Gasteiger partial charge in [0.15, 0.2) is 0 Å². The second-order valence-corrected chi connectivity index (χ2v) is 8.83. The molecule has 2 aromatic rings. The monoisotopic (exact) mass is 418 g/mol. The molecule has 0 saturated carbocycles. The molecule has 0 aliphatic carbocycles. The Morgan fingerprint density at radius 1 is 1.16 bits per heavy atom. The van der Waals surface area contributed by atoms with Crippen LogP contribution in [0.1, 0.15) is 25.1 Å². The Balaban J connectivity index is 1.40. The zero-order valence-electron chi connectivity index (χ0n) is 16.9. The van der Waals surface area contributed by atoms with Gasteiger partial charge in [0.25, 0.3) is 0 Å². The van der Waals surface area contributed by atoms with Gasteiger partial charge in [-0.15, -0.1) is 0 Å². The fourth-order valence-electron chi connectivity index (χ4n) is 6.01. The molecule has 0 radical (unpaired) electrons. The summed E-state index contributed by atoms with van der Waals surface area (Å²) >= 11 is 0. The van der Waals surface area contributed by atoms with Gasteiger partial charge in [0.05, 0.1) is 36.3 Å². The van der Waals surface area contributed by atoms with Gasteiger partial charge in [-0.25, -0.2) is 0 Å². The number of para-hydroxylation sites is 1. The molecule has 1 aromatic heterocycles. The molecule has 158 valence electrons. The number of fused-ring (bicyclic) bond motifs is 2. The number of carbonyl (C=O) groups is 3. The summed E-state index contributed by atoms with van der Waals surface area (Å²) in [5.41, 5.74) is -0.297. The quantitative estimate of drug-likeness (QED) is 0.775. The van der Waals surface area contributed by atoms with Crippen molar-refractivity contribution in [2.24, 2.45) is 17.8 Å². The van der Waals surface area contributed by atoms with E-state index in [4.69, 9.17) is 9.15 Å². The number of nitrogens with zero attached hydrogens (tertiary/aromatic N) is 1. The number of furan rings is 1. The van der Waals surface area contributed by atoms with E-state index in [2.05, 4.69) is 5.32 Å². The maximum absolute atomic E-state index is 13.8. The van der Waals surface area contributed by atoms with Gasteiger partial charge in [0, 0.05) is 18.0 Å². The zero-order valence-corrected chi connectivity index (χ0v) is 16.9. The summed E-state index contributed by atoms with van der Waals surface area (Å²) < 4.78 is 11.9. The highest BCUT2D eigenvalue weighted by Gasteiger charge is 2.74. The number of piperidine rings is 1. The van der Waals surface area contributed by atoms with Crippen LogP contribution in [0.5, 0.6) is 0 Å². The van der Waals surface area contributed by atoms with E-state index in [0.29, 0.717) is 11.4 Å². The van der Waals surface area contributed by atoms with Crippen LogP contribution in [-0.2, 0) is 19.1 Å². The van der Waals surface area contributed by atoms with E-state index in [-0.39, 0.29) is 29.9 Å². The molecule has 7 nitrogen and oxygen atoms in total. The highest BCUT2D eigenvalue weighted by molar-refractivity contribution is 6.00. The number of ketones is 1. The largest absolute Gasteiger partial charge is 0.467 e. The Labute approximate surface area is 179 Å². The predicted molar refractivity (Wildman–Crippen MR) is 110 cm³/mol. The molecule has 31 heavy (non-hydrogen) atoms. The first kappa shape index (κ1) is 18.6. The zero-order chi connectivity index (χ0) is 21.3. The molecule has 5 heterocycles. The number of hydrogen-bond acceptors (Lipinski definition) is 5. The van der Waals surface area contributed by atoms with Crippen LogP contribution in [0.25, 0.3) is 0 Å². The average Bonchev–Trinajstić information content (AvgIpc) is 3.54. The van der Waals surface area contributed by atoms with Gasteiger partial charge in [-0.1, -0.05) is 37.3 Å². The smallest absolute Gasteiger partial charge is 0.231 e. The number of rotatable bonds is 3. The predicted octanol–water partition coefficient (Wildman–Crippen LogP) is 2.72. The van der Waals surface area contributed by atoms with Crippen molar-refractivity contribution in [2.45, 2.75) is 37.1 Å². The summed E-state index contributed by atoms with van der Waals surface area (Å²) in [6.07, 6.45) is 5.05. The number of carbonyl (C=O) groups excluding carboxylic acids is 3. The molecule has 3 saturated heterocycles. The molecule has 4 aliphatic heterocycles. The minimum atomic E-state index is -0.971. The minimum Gasteiger partial charge on any atom is -0.467 e. The normalized spacial score (nSPS) is 37.8. The van der Waals surface area contributed by atoms with Crippen LogP contribution < -0.4 is 5.32 Å². The Hall–Kier alpha value is -3.19. The molecule has 3 fully saturated rings. The molecule has 1 spiro atoms. The van der Waals surface area contributed by atoms with Gasteiger partial charge in [-0.05, 0) is 24.3 Å². The van der Waals surface area contributed by atoms with Crippen molar-refractivity contribution in [3.8, 4) is 0 Å². The number of ether oxygens (including phenoxy) is 1. The van der Waals surface area contributed by atoms with Crippen molar-refractivity contribution in [3.05, 3.63) is 66.6 Å². The highest BCUT2D eigenvalue weighted by Crippen LogP contribution is 2.59. The summed E-state index contributed by atoms with van der Waals surface area (Å²) in [6.45, 7) is 1.85. The first-order valence-electron chi connectivity index (χ1n) is 10.6. The Bertz CT molecular complexity index is 1090. The summed E-state index contributed by atoms with van der Waals surface area (Å²) in [6, 6.07) is 11.8. The second-order valence-electron chi connectivity index (χ2n) is 8.83. The van der Waals surface area contributed by atoms with Crippen LogP contribution in [0.3, 0.4) is 0 Å². The van der Waals surface area contributed by atoms with Gasteiger partial charge < -0.3 is 19.4 Å². The second kappa shape index (κ2) is 6.40. The summed E-state index contributed by atoms with van der Waals surface area (Å²) in [5, 5.41) is 2.93. The maximum Gasteiger partial charge on any atom is 0.231 e. The molecule has 7 heteroatoms. The third kappa shape index (κ3) is 2.41. The van der Waals surface area contributed by atoms with E-state index < -0.39 is 35.6 Å². The molecule has 4 aliphatic rings. The summed E-state index contributed by atoms with van der Waals surface area (Å²) in [7, 11) is 0. The number of benzene rings is 1. The number of nitrogens with one attached hydrogen (secondary N) is 1. The van der Waals surface area contributed by atoms with E-state index in [1.165, 1.54) is 0 Å². The van der Waals surface area contributed by atoms with Crippen LogP contribution in [0.4, 0.5) is 5.69 Å². The van der Waals surface area contributed by atoms with Gasteiger partial charge in [-0.3, -0.25) is 14.4 Å². The van der Waals surface area contributed by atoms with Crippen LogP contribution in [0, 0.1) is 17.8 Å². The van der Waals surface area contributed by atoms with Crippen molar-refractivity contribution >= 4 is 23.3 Å². The average molecular weight is 418 g/mol. The van der Waals surface area contributed by atoms with Gasteiger partial charge in [0.1, 0.15) is 17.1 Å². The third-order valence-electron chi connectivity index (χ3n) is 7.30. The van der Waals surface area contributed by atoms with Gasteiger partial charge >= 0.3 is 0 Å². The number of anilines is 1. The third-order valence-corrected chi connectivity index (χ3v) is 7.30. The van der Waals surface area contributed by atoms with Crippen LogP contribution in [0.15, 0.2) is 65.3 Å². The van der Waals surface area contributed by atoms with Gasteiger partial charge in [-0.2, -0.15) is 0 Å². The fourth-order valence-corrected chi connectivity index (χ4v) is 6.01. The number of Topliss-reactive ketones (excluding diaryl/α,β-unsaturated/α-hetero) is 1. The molecule has 7 atom stereocenters. The van der Waals surface area contributed by atoms with E-state index in [9.17, 15) is 14.4 Å². The minimum absolute atomic E-state index is 0.0723. The maximum atomic E-state index is 13.8. The Morgan fingerprint density at radius 3 is 2.71 bits per heavy atom. The molecule has 6 rings (SSSR count). The SMILES string of the molecule is C[C@H]1C(=O)C[C@H](c2ccco2)N2C(=O)[C@H]3[C@H](C(=O)Nc4ccccc4)[C@H]4C=C[C@@]3(O4)[C@@H]12.